The molecule has 0 aliphatic heterocycles. The van der Waals surface area contributed by atoms with Crippen LogP contribution in [0.25, 0.3) is 0 Å². The van der Waals surface area contributed by atoms with Gasteiger partial charge in [-0.25, -0.2) is 0 Å². The Morgan fingerprint density at radius 1 is 0.520 bits per heavy atom. The van der Waals surface area contributed by atoms with Crippen molar-refractivity contribution in [3.8, 4) is 0 Å². The molecule has 1 aromatic rings. The van der Waals surface area contributed by atoms with Crippen molar-refractivity contribution in [1.29, 1.82) is 0 Å². The lowest BCUT2D eigenvalue weighted by atomic mass is 9.44. The molecule has 0 radical (unpaired) electrons. The molecule has 9 rings (SSSR count). The summed E-state index contributed by atoms with van der Waals surface area (Å²) in [4.78, 5) is 0. The maximum atomic E-state index is 2.65. The van der Waals surface area contributed by atoms with Crippen molar-refractivity contribution in [3.63, 3.8) is 0 Å². The molecule has 8 bridgehead atoms. The lowest BCUT2D eigenvalue weighted by Crippen LogP contribution is -2.52. The van der Waals surface area contributed by atoms with Crippen LogP contribution in [0.15, 0.2) is 10.8 Å². The summed E-state index contributed by atoms with van der Waals surface area (Å²) in [5.41, 5.74) is 5.04. The second kappa shape index (κ2) is 4.75. The lowest BCUT2D eigenvalue weighted by Gasteiger charge is -2.60. The Hall–Kier alpha value is -0.300. The van der Waals surface area contributed by atoms with Gasteiger partial charge in [-0.05, 0) is 145 Å². The monoisotopic (exact) mass is 352 g/mol. The minimum absolute atomic E-state index is 0.618. The summed E-state index contributed by atoms with van der Waals surface area (Å²) < 4.78 is 0. The van der Waals surface area contributed by atoms with Crippen LogP contribution >= 0.6 is 11.3 Å². The highest BCUT2D eigenvalue weighted by Crippen LogP contribution is 2.66. The fourth-order valence-corrected chi connectivity index (χ4v) is 11.1. The third kappa shape index (κ3) is 1.95. The largest absolute Gasteiger partial charge is 0.152 e. The van der Waals surface area contributed by atoms with E-state index in [-0.39, 0.29) is 0 Å². The van der Waals surface area contributed by atoms with Crippen LogP contribution in [0.1, 0.15) is 88.2 Å². The van der Waals surface area contributed by atoms with E-state index in [1.807, 2.05) is 11.1 Å². The summed E-state index contributed by atoms with van der Waals surface area (Å²) in [6, 6.07) is 0. The summed E-state index contributed by atoms with van der Waals surface area (Å²) in [6.45, 7) is 0. The maximum Gasteiger partial charge on any atom is -0.00279 e. The molecule has 8 aliphatic rings. The van der Waals surface area contributed by atoms with Crippen LogP contribution in [0.5, 0.6) is 0 Å². The van der Waals surface area contributed by atoms with Crippen molar-refractivity contribution in [1.82, 2.24) is 0 Å². The van der Waals surface area contributed by atoms with Gasteiger partial charge in [-0.1, -0.05) is 0 Å². The minimum Gasteiger partial charge on any atom is -0.152 e. The summed E-state index contributed by atoms with van der Waals surface area (Å²) >= 11 is 2.06. The zero-order valence-corrected chi connectivity index (χ0v) is 16.3. The van der Waals surface area contributed by atoms with E-state index in [4.69, 9.17) is 0 Å². The van der Waals surface area contributed by atoms with Gasteiger partial charge in [0.2, 0.25) is 0 Å². The quantitative estimate of drug-likeness (QED) is 0.556. The third-order valence-electron chi connectivity index (χ3n) is 9.88. The topological polar surface area (TPSA) is 0 Å². The van der Waals surface area contributed by atoms with Gasteiger partial charge in [0, 0.05) is 0 Å². The lowest BCUT2D eigenvalue weighted by molar-refractivity contribution is -0.0170. The van der Waals surface area contributed by atoms with E-state index in [0.717, 1.165) is 35.5 Å². The Balaban J connectivity index is 1.33. The van der Waals surface area contributed by atoms with Gasteiger partial charge in [0.05, 0.1) is 0 Å². The molecule has 8 aliphatic carbocycles. The molecule has 25 heavy (non-hydrogen) atoms. The predicted octanol–water partition coefficient (Wildman–Crippen LogP) is 6.68. The second-order valence-corrected chi connectivity index (χ2v) is 12.3. The first kappa shape index (κ1) is 14.7. The Kier molecular flexibility index (Phi) is 2.80. The Labute approximate surface area is 156 Å². The van der Waals surface area contributed by atoms with Crippen LogP contribution < -0.4 is 0 Å². The van der Waals surface area contributed by atoms with Gasteiger partial charge in [0.1, 0.15) is 0 Å². The van der Waals surface area contributed by atoms with E-state index >= 15 is 0 Å². The van der Waals surface area contributed by atoms with E-state index in [0.29, 0.717) is 10.8 Å². The van der Waals surface area contributed by atoms with Gasteiger partial charge in [0.25, 0.3) is 0 Å². The highest BCUT2D eigenvalue weighted by molar-refractivity contribution is 7.08. The van der Waals surface area contributed by atoms with Gasteiger partial charge < -0.3 is 0 Å². The normalized spacial score (nSPS) is 55.2. The summed E-state index contributed by atoms with van der Waals surface area (Å²) in [6.07, 6.45) is 18.8. The fraction of sp³-hybridized carbons (Fsp3) is 0.833. The van der Waals surface area contributed by atoms with Crippen molar-refractivity contribution < 1.29 is 0 Å². The molecular formula is C24H32S. The SMILES string of the molecule is c1scc(C23CC4CC(CC(C4)C2)C3)c1C12CC3CC(CC(C3)C1)C2. The fourth-order valence-electron chi connectivity index (χ4n) is 10.00. The molecular weight excluding hydrogens is 320 g/mol. The van der Waals surface area contributed by atoms with Crippen LogP contribution in [0, 0.1) is 35.5 Å². The molecule has 0 spiro atoms. The van der Waals surface area contributed by atoms with Gasteiger partial charge in [0.15, 0.2) is 0 Å². The first-order chi connectivity index (χ1) is 12.2. The summed E-state index contributed by atoms with van der Waals surface area (Å²) in [5.74, 6) is 6.47. The molecule has 1 heterocycles. The molecule has 0 unspecified atom stereocenters. The Bertz CT molecular complexity index is 580. The average molecular weight is 353 g/mol. The number of hydrogen-bond acceptors (Lipinski definition) is 1. The van der Waals surface area contributed by atoms with Crippen molar-refractivity contribution in [2.75, 3.05) is 0 Å². The van der Waals surface area contributed by atoms with Crippen LogP contribution in [0.3, 0.4) is 0 Å². The first-order valence-corrected chi connectivity index (χ1v) is 12.2. The van der Waals surface area contributed by atoms with Crippen LogP contribution in [0.2, 0.25) is 0 Å². The van der Waals surface area contributed by atoms with E-state index in [2.05, 4.69) is 22.1 Å². The van der Waals surface area contributed by atoms with Crippen molar-refractivity contribution in [2.45, 2.75) is 87.9 Å². The Morgan fingerprint density at radius 3 is 1.08 bits per heavy atom. The van der Waals surface area contributed by atoms with E-state index in [9.17, 15) is 0 Å². The highest BCUT2D eigenvalue weighted by Gasteiger charge is 2.56. The second-order valence-electron chi connectivity index (χ2n) is 11.6. The minimum atomic E-state index is 0.618. The number of hydrogen-bond donors (Lipinski definition) is 0. The predicted molar refractivity (Wildman–Crippen MR) is 104 cm³/mol. The zero-order valence-electron chi connectivity index (χ0n) is 15.5. The Morgan fingerprint density at radius 2 is 0.800 bits per heavy atom. The summed E-state index contributed by atoms with van der Waals surface area (Å²) in [7, 11) is 0. The van der Waals surface area contributed by atoms with Gasteiger partial charge >= 0.3 is 0 Å². The van der Waals surface area contributed by atoms with Crippen LogP contribution in [-0.2, 0) is 10.8 Å². The van der Waals surface area contributed by atoms with Gasteiger partial charge in [-0.2, -0.15) is 11.3 Å². The molecule has 8 saturated carbocycles. The van der Waals surface area contributed by atoms with Crippen molar-refractivity contribution in [3.05, 3.63) is 21.9 Å². The summed E-state index contributed by atoms with van der Waals surface area (Å²) in [5, 5.41) is 5.31. The third-order valence-corrected chi connectivity index (χ3v) is 10.6. The van der Waals surface area contributed by atoms with E-state index < -0.39 is 0 Å². The average Bonchev–Trinajstić information content (AvgIpc) is 3.03. The van der Waals surface area contributed by atoms with E-state index in [1.165, 1.54) is 0 Å². The molecule has 8 fully saturated rings. The molecule has 0 N–H and O–H groups in total. The molecule has 0 saturated heterocycles. The first-order valence-electron chi connectivity index (χ1n) is 11.3. The van der Waals surface area contributed by atoms with Crippen molar-refractivity contribution >= 4 is 11.3 Å². The maximum absolute atomic E-state index is 2.65. The number of rotatable bonds is 2. The molecule has 1 aromatic heterocycles. The van der Waals surface area contributed by atoms with Crippen molar-refractivity contribution in [2.24, 2.45) is 35.5 Å². The van der Waals surface area contributed by atoms with E-state index in [1.54, 1.807) is 77.0 Å². The smallest absolute Gasteiger partial charge is 0.00279 e. The number of thiophene rings is 1. The highest BCUT2D eigenvalue weighted by atomic mass is 32.1. The molecule has 134 valence electrons. The standard InChI is InChI=1S/C24H32S/c1-15-2-17-3-16(1)8-23(7-15,9-17)21-13-25-14-22(21)24-10-18-4-19(11-24)6-20(5-18)12-24/h13-20H,1-12H2. The molecule has 1 heteroatoms. The molecule has 0 aromatic carbocycles. The molecule has 0 nitrogen and oxygen atoms in total. The molecule has 0 atom stereocenters. The van der Waals surface area contributed by atoms with Gasteiger partial charge in [-0.3, -0.25) is 0 Å². The van der Waals surface area contributed by atoms with Crippen LogP contribution in [0.4, 0.5) is 0 Å². The molecule has 0 amide bonds. The van der Waals surface area contributed by atoms with Gasteiger partial charge in [-0.15, -0.1) is 0 Å². The zero-order chi connectivity index (χ0) is 16.2. The van der Waals surface area contributed by atoms with Crippen LogP contribution in [-0.4, -0.2) is 0 Å².